The number of ether oxygens (including phenoxy) is 1. The Balaban J connectivity index is 1.44. The highest BCUT2D eigenvalue weighted by molar-refractivity contribution is 8.00. The number of methoxy groups -OCH3 is 1. The van der Waals surface area contributed by atoms with Gasteiger partial charge in [-0.3, -0.25) is 4.79 Å². The van der Waals surface area contributed by atoms with Crippen LogP contribution < -0.4 is 10.1 Å². The number of carbonyl (C=O) groups excluding carboxylic acids is 1. The quantitative estimate of drug-likeness (QED) is 0.433. The average molecular weight is 433 g/mol. The molecule has 0 unspecified atom stereocenters. The lowest BCUT2D eigenvalue weighted by atomic mass is 10.1. The molecule has 0 atom stereocenters. The number of fused-ring (bicyclic) bond motifs is 1. The lowest BCUT2D eigenvalue weighted by molar-refractivity contribution is -0.113. The summed E-state index contributed by atoms with van der Waals surface area (Å²) in [5.41, 5.74) is 2.99. The number of thioether (sulfide) groups is 1. The fourth-order valence-electron chi connectivity index (χ4n) is 2.82. The van der Waals surface area contributed by atoms with Gasteiger partial charge < -0.3 is 10.1 Å². The number of rotatable bonds is 6. The van der Waals surface area contributed by atoms with Crippen LogP contribution in [0.5, 0.6) is 5.75 Å². The molecule has 4 rings (SSSR count). The molecule has 1 amide bonds. The zero-order chi connectivity index (χ0) is 20.9. The summed E-state index contributed by atoms with van der Waals surface area (Å²) < 4.78 is 5.22. The third kappa shape index (κ3) is 4.43. The molecular formula is C22H16N4O2S2. The highest BCUT2D eigenvalue weighted by Crippen LogP contribution is 2.28. The maximum atomic E-state index is 12.4. The van der Waals surface area contributed by atoms with Gasteiger partial charge in [0.15, 0.2) is 5.13 Å². The normalized spacial score (nSPS) is 10.5. The maximum absolute atomic E-state index is 12.4. The van der Waals surface area contributed by atoms with Gasteiger partial charge in [-0.25, -0.2) is 9.97 Å². The molecule has 6 nitrogen and oxygen atoms in total. The van der Waals surface area contributed by atoms with E-state index in [2.05, 4.69) is 21.4 Å². The lowest BCUT2D eigenvalue weighted by Crippen LogP contribution is -2.14. The minimum absolute atomic E-state index is 0.129. The molecule has 0 aliphatic heterocycles. The van der Waals surface area contributed by atoms with E-state index in [9.17, 15) is 10.1 Å². The summed E-state index contributed by atoms with van der Waals surface area (Å²) in [4.78, 5) is 21.4. The van der Waals surface area contributed by atoms with E-state index >= 15 is 0 Å². The molecule has 148 valence electrons. The Kier molecular flexibility index (Phi) is 5.93. The van der Waals surface area contributed by atoms with Gasteiger partial charge in [0.1, 0.15) is 16.8 Å². The number of nitrogens with zero attached hydrogens (tertiary/aromatic N) is 3. The number of hydrogen-bond donors (Lipinski definition) is 1. The molecule has 0 aliphatic carbocycles. The number of hydrogen-bond acceptors (Lipinski definition) is 7. The highest BCUT2D eigenvalue weighted by atomic mass is 32.2. The predicted molar refractivity (Wildman–Crippen MR) is 120 cm³/mol. The van der Waals surface area contributed by atoms with Crippen LogP contribution >= 0.6 is 23.1 Å². The SMILES string of the molecule is COc1ccc2nc(SCC(=O)Nc3nc(-c4ccccc4)cs3)c(C#N)cc2c1. The van der Waals surface area contributed by atoms with Crippen LogP contribution in [0.1, 0.15) is 5.56 Å². The van der Waals surface area contributed by atoms with E-state index in [4.69, 9.17) is 4.74 Å². The first kappa shape index (κ1) is 19.9. The summed E-state index contributed by atoms with van der Waals surface area (Å²) in [5, 5.41) is 16.1. The first-order valence-electron chi connectivity index (χ1n) is 8.99. The molecule has 4 aromatic rings. The lowest BCUT2D eigenvalue weighted by Gasteiger charge is -2.07. The third-order valence-corrected chi connectivity index (χ3v) is 6.02. The van der Waals surface area contributed by atoms with E-state index in [-0.39, 0.29) is 11.7 Å². The van der Waals surface area contributed by atoms with Gasteiger partial charge in [-0.15, -0.1) is 11.3 Å². The topological polar surface area (TPSA) is 87.9 Å². The van der Waals surface area contributed by atoms with Crippen molar-refractivity contribution in [3.63, 3.8) is 0 Å². The van der Waals surface area contributed by atoms with Crippen LogP contribution in [-0.4, -0.2) is 28.7 Å². The fourth-order valence-corrected chi connectivity index (χ4v) is 4.31. The molecule has 0 aliphatic rings. The van der Waals surface area contributed by atoms with E-state index < -0.39 is 0 Å². The minimum atomic E-state index is -0.200. The van der Waals surface area contributed by atoms with E-state index in [0.29, 0.717) is 21.5 Å². The van der Waals surface area contributed by atoms with Crippen molar-refractivity contribution in [2.75, 3.05) is 18.2 Å². The molecule has 0 saturated heterocycles. The van der Waals surface area contributed by atoms with Crippen molar-refractivity contribution < 1.29 is 9.53 Å². The number of carbonyl (C=O) groups is 1. The Morgan fingerprint density at radius 1 is 1.20 bits per heavy atom. The molecule has 0 fully saturated rings. The maximum Gasteiger partial charge on any atom is 0.236 e. The molecule has 2 heterocycles. The summed E-state index contributed by atoms with van der Waals surface area (Å²) in [7, 11) is 1.59. The zero-order valence-corrected chi connectivity index (χ0v) is 17.6. The Morgan fingerprint density at radius 2 is 2.03 bits per heavy atom. The standard InChI is InChI=1S/C22H16N4O2S2/c1-28-17-7-8-18-15(10-17)9-16(11-23)21(24-18)29-13-20(27)26-22-25-19(12-30-22)14-5-3-2-4-6-14/h2-10,12H,13H2,1H3,(H,25,26,27). The van der Waals surface area contributed by atoms with Crippen molar-refractivity contribution in [3.05, 3.63) is 65.5 Å². The molecule has 30 heavy (non-hydrogen) atoms. The van der Waals surface area contributed by atoms with E-state index in [0.717, 1.165) is 22.2 Å². The summed E-state index contributed by atoms with van der Waals surface area (Å²) in [6.45, 7) is 0. The molecule has 2 aromatic carbocycles. The van der Waals surface area contributed by atoms with Crippen LogP contribution in [0.25, 0.3) is 22.2 Å². The van der Waals surface area contributed by atoms with Crippen LogP contribution in [-0.2, 0) is 4.79 Å². The number of nitrogens with one attached hydrogen (secondary N) is 1. The van der Waals surface area contributed by atoms with Crippen molar-refractivity contribution >= 4 is 45.0 Å². The van der Waals surface area contributed by atoms with Gasteiger partial charge in [-0.05, 0) is 24.3 Å². The molecule has 1 N–H and O–H groups in total. The second kappa shape index (κ2) is 8.95. The van der Waals surface area contributed by atoms with Crippen LogP contribution in [0.2, 0.25) is 0 Å². The van der Waals surface area contributed by atoms with Crippen molar-refractivity contribution in [1.82, 2.24) is 9.97 Å². The highest BCUT2D eigenvalue weighted by Gasteiger charge is 2.12. The summed E-state index contributed by atoms with van der Waals surface area (Å²) >= 11 is 2.60. The summed E-state index contributed by atoms with van der Waals surface area (Å²) in [6.07, 6.45) is 0. The average Bonchev–Trinajstić information content (AvgIpc) is 3.25. The molecule has 0 spiro atoms. The first-order valence-corrected chi connectivity index (χ1v) is 10.9. The van der Waals surface area contributed by atoms with E-state index in [1.165, 1.54) is 23.1 Å². The Morgan fingerprint density at radius 3 is 2.80 bits per heavy atom. The molecule has 2 aromatic heterocycles. The monoisotopic (exact) mass is 432 g/mol. The van der Waals surface area contributed by atoms with Gasteiger partial charge in [-0.2, -0.15) is 5.26 Å². The van der Waals surface area contributed by atoms with E-state index in [1.54, 1.807) is 13.2 Å². The fraction of sp³-hybridized carbons (Fsp3) is 0.0909. The van der Waals surface area contributed by atoms with Gasteiger partial charge >= 0.3 is 0 Å². The van der Waals surface area contributed by atoms with Crippen molar-refractivity contribution in [1.29, 1.82) is 5.26 Å². The largest absolute Gasteiger partial charge is 0.497 e. The van der Waals surface area contributed by atoms with Crippen LogP contribution in [0.3, 0.4) is 0 Å². The second-order valence-corrected chi connectivity index (χ2v) is 8.07. The van der Waals surface area contributed by atoms with Crippen molar-refractivity contribution in [2.45, 2.75) is 5.03 Å². The number of nitriles is 1. The first-order chi connectivity index (χ1) is 14.7. The number of aromatic nitrogens is 2. The molecular weight excluding hydrogens is 416 g/mol. The number of thiazole rings is 1. The zero-order valence-electron chi connectivity index (χ0n) is 16.0. The number of benzene rings is 2. The van der Waals surface area contributed by atoms with Gasteiger partial charge in [0.25, 0.3) is 0 Å². The van der Waals surface area contributed by atoms with Crippen LogP contribution in [0, 0.1) is 11.3 Å². The van der Waals surface area contributed by atoms with E-state index in [1.807, 2.05) is 53.9 Å². The molecule has 8 heteroatoms. The summed E-state index contributed by atoms with van der Waals surface area (Å²) in [5.74, 6) is 0.629. The number of anilines is 1. The van der Waals surface area contributed by atoms with Gasteiger partial charge in [0, 0.05) is 16.3 Å². The third-order valence-electron chi connectivity index (χ3n) is 4.27. The minimum Gasteiger partial charge on any atom is -0.497 e. The van der Waals surface area contributed by atoms with Crippen LogP contribution in [0.15, 0.2) is 65.0 Å². The Labute approximate surface area is 181 Å². The van der Waals surface area contributed by atoms with Gasteiger partial charge in [-0.1, -0.05) is 42.1 Å². The van der Waals surface area contributed by atoms with Crippen molar-refractivity contribution in [2.24, 2.45) is 0 Å². The molecule has 0 bridgehead atoms. The molecule has 0 saturated carbocycles. The van der Waals surface area contributed by atoms with Gasteiger partial charge in [0.05, 0.1) is 29.6 Å². The smallest absolute Gasteiger partial charge is 0.236 e. The Hall–Kier alpha value is -3.41. The van der Waals surface area contributed by atoms with Gasteiger partial charge in [0.2, 0.25) is 5.91 Å². The number of amides is 1. The number of pyridine rings is 1. The second-order valence-electron chi connectivity index (χ2n) is 6.25. The summed E-state index contributed by atoms with van der Waals surface area (Å²) in [6, 6.07) is 19.2. The van der Waals surface area contributed by atoms with Crippen molar-refractivity contribution in [3.8, 4) is 23.1 Å². The Bertz CT molecular complexity index is 1250. The predicted octanol–water partition coefficient (Wildman–Crippen LogP) is 4.97. The molecule has 0 radical (unpaired) electrons. The van der Waals surface area contributed by atoms with Crippen LogP contribution in [0.4, 0.5) is 5.13 Å².